The van der Waals surface area contributed by atoms with Gasteiger partial charge in [-0.05, 0) is 30.5 Å². The van der Waals surface area contributed by atoms with Crippen LogP contribution in [0.1, 0.15) is 24.0 Å². The molecule has 1 heterocycles. The van der Waals surface area contributed by atoms with E-state index in [4.69, 9.17) is 5.26 Å². The van der Waals surface area contributed by atoms with Crippen LogP contribution in [0, 0.1) is 11.3 Å². The minimum Gasteiger partial charge on any atom is -0.385 e. The largest absolute Gasteiger partial charge is 0.385 e. The number of rotatable bonds is 1. The van der Waals surface area contributed by atoms with Crippen LogP contribution in [0.25, 0.3) is 0 Å². The maximum atomic E-state index is 10.5. The minimum absolute atomic E-state index is 0.638. The molecule has 1 N–H and O–H groups in total. The van der Waals surface area contributed by atoms with Gasteiger partial charge in [-0.1, -0.05) is 12.1 Å². The van der Waals surface area contributed by atoms with Gasteiger partial charge in [-0.15, -0.1) is 0 Å². The normalized spacial score (nSPS) is 20.3. The molecule has 1 aliphatic heterocycles. The number of hydrogen-bond acceptors (Lipinski definition) is 3. The van der Waals surface area contributed by atoms with Gasteiger partial charge < -0.3 is 5.11 Å². The Hall–Kier alpha value is -0.640. The predicted molar refractivity (Wildman–Crippen MR) is 69.9 cm³/mol. The summed E-state index contributed by atoms with van der Waals surface area (Å²) >= 11 is 2.28. The lowest BCUT2D eigenvalue weighted by Gasteiger charge is -2.35. The highest BCUT2D eigenvalue weighted by atomic mass is 127. The van der Waals surface area contributed by atoms with Crippen molar-refractivity contribution in [1.29, 1.82) is 5.26 Å². The lowest BCUT2D eigenvalue weighted by Crippen LogP contribution is -2.38. The molecule has 0 spiro atoms. The summed E-state index contributed by atoms with van der Waals surface area (Å²) in [6, 6.07) is 9.35. The van der Waals surface area contributed by atoms with E-state index in [1.54, 1.807) is 12.1 Å². The Balaban J connectivity index is 2.20. The first kappa shape index (κ1) is 11.8. The number of aliphatic hydroxyl groups is 1. The predicted octanol–water partition coefficient (Wildman–Crippen LogP) is 2.19. The Kier molecular flexibility index (Phi) is 3.47. The summed E-state index contributed by atoms with van der Waals surface area (Å²) in [7, 11) is 0. The third kappa shape index (κ3) is 2.37. The highest BCUT2D eigenvalue weighted by Gasteiger charge is 2.33. The third-order valence-corrected chi connectivity index (χ3v) is 4.05. The van der Waals surface area contributed by atoms with Crippen LogP contribution < -0.4 is 0 Å². The Labute approximate surface area is 109 Å². The van der Waals surface area contributed by atoms with Gasteiger partial charge in [0.05, 0.1) is 17.2 Å². The smallest absolute Gasteiger partial charge is 0.0991 e. The molecule has 0 unspecified atom stereocenters. The van der Waals surface area contributed by atoms with E-state index in [0.29, 0.717) is 5.56 Å². The van der Waals surface area contributed by atoms with Gasteiger partial charge in [0.1, 0.15) is 0 Å². The van der Waals surface area contributed by atoms with Gasteiger partial charge in [0.25, 0.3) is 0 Å². The maximum absolute atomic E-state index is 10.5. The van der Waals surface area contributed by atoms with Crippen LogP contribution >= 0.6 is 22.9 Å². The van der Waals surface area contributed by atoms with E-state index < -0.39 is 5.60 Å². The number of benzene rings is 1. The zero-order valence-corrected chi connectivity index (χ0v) is 11.0. The van der Waals surface area contributed by atoms with Crippen molar-refractivity contribution in [3.05, 3.63) is 35.4 Å². The Bertz CT molecular complexity index is 402. The third-order valence-electron chi connectivity index (χ3n) is 3.09. The zero-order valence-electron chi connectivity index (χ0n) is 8.86. The first-order valence-electron chi connectivity index (χ1n) is 5.28. The fourth-order valence-electron chi connectivity index (χ4n) is 1.99. The summed E-state index contributed by atoms with van der Waals surface area (Å²) in [4.78, 5) is 0. The van der Waals surface area contributed by atoms with Crippen LogP contribution in [0.5, 0.6) is 0 Å². The van der Waals surface area contributed by atoms with E-state index in [1.807, 2.05) is 12.1 Å². The zero-order chi connectivity index (χ0) is 11.6. The molecule has 3 nitrogen and oxygen atoms in total. The van der Waals surface area contributed by atoms with Crippen LogP contribution in [0.2, 0.25) is 0 Å². The van der Waals surface area contributed by atoms with Crippen molar-refractivity contribution in [3.8, 4) is 6.07 Å². The van der Waals surface area contributed by atoms with Crippen molar-refractivity contribution in [2.24, 2.45) is 0 Å². The van der Waals surface area contributed by atoms with Crippen LogP contribution in [0.15, 0.2) is 24.3 Å². The summed E-state index contributed by atoms with van der Waals surface area (Å²) in [5.74, 6) is 0. The van der Waals surface area contributed by atoms with E-state index in [-0.39, 0.29) is 0 Å². The second-order valence-corrected chi connectivity index (χ2v) is 5.50. The summed E-state index contributed by atoms with van der Waals surface area (Å²) < 4.78 is 2.19. The van der Waals surface area contributed by atoms with E-state index in [0.717, 1.165) is 31.5 Å². The quantitative estimate of drug-likeness (QED) is 0.635. The molecule has 0 aromatic heterocycles. The van der Waals surface area contributed by atoms with Crippen molar-refractivity contribution in [2.75, 3.05) is 13.1 Å². The van der Waals surface area contributed by atoms with Gasteiger partial charge in [-0.25, -0.2) is 3.11 Å². The first-order chi connectivity index (χ1) is 7.64. The van der Waals surface area contributed by atoms with Gasteiger partial charge in [0.2, 0.25) is 0 Å². The van der Waals surface area contributed by atoms with Crippen LogP contribution in [0.3, 0.4) is 0 Å². The number of nitriles is 1. The van der Waals surface area contributed by atoms with Gasteiger partial charge >= 0.3 is 0 Å². The summed E-state index contributed by atoms with van der Waals surface area (Å²) in [6.45, 7) is 1.80. The van der Waals surface area contributed by atoms with Crippen molar-refractivity contribution in [2.45, 2.75) is 18.4 Å². The van der Waals surface area contributed by atoms with E-state index in [2.05, 4.69) is 32.0 Å². The average molecular weight is 328 g/mol. The molecule has 0 atom stereocenters. The van der Waals surface area contributed by atoms with E-state index in [9.17, 15) is 5.11 Å². The Morgan fingerprint density at radius 3 is 2.31 bits per heavy atom. The molecule has 0 bridgehead atoms. The highest BCUT2D eigenvalue weighted by molar-refractivity contribution is 14.1. The topological polar surface area (TPSA) is 47.3 Å². The summed E-state index contributed by atoms with van der Waals surface area (Å²) in [6.07, 6.45) is 1.50. The molecule has 1 fully saturated rings. The molecular weight excluding hydrogens is 315 g/mol. The molecule has 2 rings (SSSR count). The van der Waals surface area contributed by atoms with Crippen LogP contribution in [-0.2, 0) is 5.60 Å². The molecule has 1 aromatic rings. The minimum atomic E-state index is -0.713. The molecule has 1 saturated heterocycles. The number of hydrogen-bond donors (Lipinski definition) is 1. The maximum Gasteiger partial charge on any atom is 0.0991 e. The molecule has 0 amide bonds. The first-order valence-corrected chi connectivity index (χ1v) is 6.24. The molecule has 1 aromatic carbocycles. The second-order valence-electron chi connectivity index (χ2n) is 4.13. The number of piperidine rings is 1. The average Bonchev–Trinajstić information content (AvgIpc) is 2.33. The fourth-order valence-corrected chi connectivity index (χ4v) is 2.48. The lowest BCUT2D eigenvalue weighted by molar-refractivity contribution is -0.00525. The van der Waals surface area contributed by atoms with Gasteiger partial charge in [0.15, 0.2) is 0 Å². The molecule has 0 saturated carbocycles. The number of nitrogens with zero attached hydrogens (tertiary/aromatic N) is 2. The van der Waals surface area contributed by atoms with Gasteiger partial charge in [-0.3, -0.25) is 0 Å². The number of halogens is 1. The standard InChI is InChI=1S/C12H13IN2O/c13-15-7-5-12(16,6-8-15)11-3-1-10(9-14)2-4-11/h1-4,16H,5-8H2. The SMILES string of the molecule is N#Cc1ccc(C2(O)CCN(I)CC2)cc1. The molecular formula is C12H13IN2O. The molecule has 0 radical (unpaired) electrons. The highest BCUT2D eigenvalue weighted by Crippen LogP contribution is 2.33. The van der Waals surface area contributed by atoms with Gasteiger partial charge in [-0.2, -0.15) is 5.26 Å². The molecule has 84 valence electrons. The van der Waals surface area contributed by atoms with Crippen LogP contribution in [-0.4, -0.2) is 21.3 Å². The molecule has 1 aliphatic rings. The van der Waals surface area contributed by atoms with Crippen molar-refractivity contribution in [1.82, 2.24) is 3.11 Å². The Morgan fingerprint density at radius 1 is 1.25 bits per heavy atom. The fraction of sp³-hybridized carbons (Fsp3) is 0.417. The summed E-state index contributed by atoms with van der Waals surface area (Å²) in [5.41, 5.74) is 0.852. The Morgan fingerprint density at radius 2 is 1.81 bits per heavy atom. The second kappa shape index (κ2) is 4.70. The van der Waals surface area contributed by atoms with Crippen molar-refractivity contribution >= 4 is 22.9 Å². The van der Waals surface area contributed by atoms with Crippen molar-refractivity contribution < 1.29 is 5.11 Å². The van der Waals surface area contributed by atoms with Crippen LogP contribution in [0.4, 0.5) is 0 Å². The summed E-state index contributed by atoms with van der Waals surface area (Å²) in [5, 5.41) is 19.2. The van der Waals surface area contributed by atoms with E-state index in [1.165, 1.54) is 0 Å². The monoisotopic (exact) mass is 328 g/mol. The molecule has 4 heteroatoms. The van der Waals surface area contributed by atoms with Gasteiger partial charge in [0, 0.05) is 36.0 Å². The molecule has 16 heavy (non-hydrogen) atoms. The lowest BCUT2D eigenvalue weighted by atomic mass is 9.85. The molecule has 0 aliphatic carbocycles. The van der Waals surface area contributed by atoms with Crippen molar-refractivity contribution in [3.63, 3.8) is 0 Å². The van der Waals surface area contributed by atoms with E-state index >= 15 is 0 Å².